The second kappa shape index (κ2) is 5.23. The smallest absolute Gasteiger partial charge is 0.227 e. The third-order valence-electron chi connectivity index (χ3n) is 2.11. The number of hydrogen-bond acceptors (Lipinski definition) is 3. The molecule has 0 saturated heterocycles. The van der Waals surface area contributed by atoms with E-state index in [1.54, 1.807) is 0 Å². The number of hydrogen-bond donors (Lipinski definition) is 0. The first-order valence-corrected chi connectivity index (χ1v) is 5.57. The highest BCUT2D eigenvalue weighted by Crippen LogP contribution is 2.19. The van der Waals surface area contributed by atoms with Crippen LogP contribution in [0.25, 0.3) is 11.4 Å². The van der Waals surface area contributed by atoms with Crippen LogP contribution in [0.5, 0.6) is 0 Å². The van der Waals surface area contributed by atoms with Crippen LogP contribution < -0.4 is 0 Å². The van der Waals surface area contributed by atoms with E-state index in [1.807, 2.05) is 0 Å². The van der Waals surface area contributed by atoms with Gasteiger partial charge in [-0.25, -0.2) is 8.78 Å². The molecule has 0 aliphatic heterocycles. The standard InChI is InChI=1S/C11H9ClF2N2O/c12-3-1-2-10-15-11(16-17-10)7-4-8(13)6-9(14)5-7/h4-6H,1-3H2. The Morgan fingerprint density at radius 3 is 2.53 bits per heavy atom. The lowest BCUT2D eigenvalue weighted by molar-refractivity contribution is 0.378. The highest BCUT2D eigenvalue weighted by Gasteiger charge is 2.10. The van der Waals surface area contributed by atoms with Crippen LogP contribution in [0.15, 0.2) is 22.7 Å². The monoisotopic (exact) mass is 258 g/mol. The van der Waals surface area contributed by atoms with Crippen molar-refractivity contribution in [1.29, 1.82) is 0 Å². The van der Waals surface area contributed by atoms with Crippen molar-refractivity contribution in [2.45, 2.75) is 12.8 Å². The van der Waals surface area contributed by atoms with Gasteiger partial charge in [-0.15, -0.1) is 11.6 Å². The summed E-state index contributed by atoms with van der Waals surface area (Å²) < 4.78 is 30.9. The minimum absolute atomic E-state index is 0.174. The minimum Gasteiger partial charge on any atom is -0.339 e. The van der Waals surface area contributed by atoms with E-state index in [1.165, 1.54) is 0 Å². The van der Waals surface area contributed by atoms with Crippen molar-refractivity contribution in [3.05, 3.63) is 35.7 Å². The molecule has 0 fully saturated rings. The molecule has 2 rings (SSSR count). The van der Waals surface area contributed by atoms with E-state index in [4.69, 9.17) is 16.1 Å². The summed E-state index contributed by atoms with van der Waals surface area (Å²) in [5, 5.41) is 3.66. The van der Waals surface area contributed by atoms with Gasteiger partial charge in [0.1, 0.15) is 11.6 Å². The average Bonchev–Trinajstić information content (AvgIpc) is 2.73. The van der Waals surface area contributed by atoms with Gasteiger partial charge in [0.25, 0.3) is 0 Å². The maximum Gasteiger partial charge on any atom is 0.227 e. The Morgan fingerprint density at radius 1 is 1.18 bits per heavy atom. The maximum atomic E-state index is 13.0. The molecule has 0 atom stereocenters. The third-order valence-corrected chi connectivity index (χ3v) is 2.38. The number of halogens is 3. The molecule has 0 aliphatic carbocycles. The van der Waals surface area contributed by atoms with Gasteiger partial charge in [-0.05, 0) is 18.6 Å². The van der Waals surface area contributed by atoms with Crippen LogP contribution in [0.4, 0.5) is 8.78 Å². The molecule has 0 amide bonds. The van der Waals surface area contributed by atoms with Crippen LogP contribution in [-0.2, 0) is 6.42 Å². The fourth-order valence-corrected chi connectivity index (χ4v) is 1.51. The van der Waals surface area contributed by atoms with Crippen LogP contribution >= 0.6 is 11.6 Å². The fraction of sp³-hybridized carbons (Fsp3) is 0.273. The molecule has 0 saturated carbocycles. The number of aromatic nitrogens is 2. The SMILES string of the molecule is Fc1cc(F)cc(-c2noc(CCCCl)n2)c1. The van der Waals surface area contributed by atoms with E-state index in [0.29, 0.717) is 24.6 Å². The molecule has 3 nitrogen and oxygen atoms in total. The summed E-state index contributed by atoms with van der Waals surface area (Å²) in [6.07, 6.45) is 1.26. The zero-order valence-electron chi connectivity index (χ0n) is 8.79. The topological polar surface area (TPSA) is 38.9 Å². The lowest BCUT2D eigenvalue weighted by Crippen LogP contribution is -1.88. The van der Waals surface area contributed by atoms with Crippen molar-refractivity contribution in [3.63, 3.8) is 0 Å². The Labute approximate surface area is 101 Å². The predicted molar refractivity (Wildman–Crippen MR) is 58.7 cm³/mol. The number of aryl methyl sites for hydroxylation is 1. The fourth-order valence-electron chi connectivity index (χ4n) is 1.37. The zero-order chi connectivity index (χ0) is 12.3. The van der Waals surface area contributed by atoms with Gasteiger partial charge in [0.2, 0.25) is 11.7 Å². The van der Waals surface area contributed by atoms with E-state index in [9.17, 15) is 8.78 Å². The van der Waals surface area contributed by atoms with Crippen LogP contribution in [0, 0.1) is 11.6 Å². The summed E-state index contributed by atoms with van der Waals surface area (Å²) in [5.41, 5.74) is 0.253. The third kappa shape index (κ3) is 3.00. The van der Waals surface area contributed by atoms with Gasteiger partial charge >= 0.3 is 0 Å². The molecule has 90 valence electrons. The molecular weight excluding hydrogens is 250 g/mol. The molecular formula is C11H9ClF2N2O. The highest BCUT2D eigenvalue weighted by molar-refractivity contribution is 6.17. The maximum absolute atomic E-state index is 13.0. The summed E-state index contributed by atoms with van der Waals surface area (Å²) in [6, 6.07) is 3.09. The van der Waals surface area contributed by atoms with Crippen molar-refractivity contribution in [2.24, 2.45) is 0 Å². The minimum atomic E-state index is -0.674. The summed E-state index contributed by atoms with van der Waals surface area (Å²) in [4.78, 5) is 4.03. The molecule has 1 heterocycles. The lowest BCUT2D eigenvalue weighted by Gasteiger charge is -1.95. The number of alkyl halides is 1. The van der Waals surface area contributed by atoms with Crippen LogP contribution in [0.3, 0.4) is 0 Å². The number of rotatable bonds is 4. The average molecular weight is 259 g/mol. The van der Waals surface area contributed by atoms with E-state index >= 15 is 0 Å². The first-order chi connectivity index (χ1) is 8.19. The summed E-state index contributed by atoms with van der Waals surface area (Å²) in [5.74, 6) is -0.274. The van der Waals surface area contributed by atoms with Gasteiger partial charge in [0, 0.05) is 23.9 Å². The normalized spacial score (nSPS) is 10.8. The molecule has 0 unspecified atom stereocenters. The Morgan fingerprint density at radius 2 is 1.88 bits per heavy atom. The summed E-state index contributed by atoms with van der Waals surface area (Å²) in [6.45, 7) is 0. The molecule has 0 radical (unpaired) electrons. The molecule has 0 aliphatic rings. The van der Waals surface area contributed by atoms with Gasteiger partial charge in [0.05, 0.1) is 0 Å². The lowest BCUT2D eigenvalue weighted by atomic mass is 10.2. The van der Waals surface area contributed by atoms with Crippen LogP contribution in [0.1, 0.15) is 12.3 Å². The molecule has 2 aromatic rings. The molecule has 0 spiro atoms. The second-order valence-corrected chi connectivity index (χ2v) is 3.84. The van der Waals surface area contributed by atoms with E-state index in [-0.39, 0.29) is 11.4 Å². The molecule has 0 N–H and O–H groups in total. The quantitative estimate of drug-likeness (QED) is 0.791. The van der Waals surface area contributed by atoms with E-state index in [0.717, 1.165) is 18.2 Å². The molecule has 17 heavy (non-hydrogen) atoms. The van der Waals surface area contributed by atoms with Crippen molar-refractivity contribution in [3.8, 4) is 11.4 Å². The van der Waals surface area contributed by atoms with Crippen molar-refractivity contribution in [1.82, 2.24) is 10.1 Å². The Bertz CT molecular complexity index is 496. The van der Waals surface area contributed by atoms with Gasteiger partial charge in [-0.1, -0.05) is 5.16 Å². The first-order valence-electron chi connectivity index (χ1n) is 5.04. The predicted octanol–water partition coefficient (Wildman–Crippen LogP) is 3.19. The molecule has 1 aromatic carbocycles. The number of nitrogens with zero attached hydrogens (tertiary/aromatic N) is 2. The zero-order valence-corrected chi connectivity index (χ0v) is 9.55. The molecule has 6 heteroatoms. The Kier molecular flexibility index (Phi) is 3.68. The van der Waals surface area contributed by atoms with Crippen molar-refractivity contribution >= 4 is 11.6 Å². The highest BCUT2D eigenvalue weighted by atomic mass is 35.5. The van der Waals surface area contributed by atoms with Crippen molar-refractivity contribution in [2.75, 3.05) is 5.88 Å². The van der Waals surface area contributed by atoms with Gasteiger partial charge in [0.15, 0.2) is 0 Å². The summed E-state index contributed by atoms with van der Waals surface area (Å²) >= 11 is 5.53. The molecule has 1 aromatic heterocycles. The van der Waals surface area contributed by atoms with Crippen LogP contribution in [0.2, 0.25) is 0 Å². The molecule has 0 bridgehead atoms. The Balaban J connectivity index is 2.24. The Hall–Kier alpha value is -1.49. The van der Waals surface area contributed by atoms with Crippen molar-refractivity contribution < 1.29 is 13.3 Å². The van der Waals surface area contributed by atoms with Gasteiger partial charge < -0.3 is 4.52 Å². The van der Waals surface area contributed by atoms with Crippen LogP contribution in [-0.4, -0.2) is 16.0 Å². The van der Waals surface area contributed by atoms with Gasteiger partial charge in [-0.3, -0.25) is 0 Å². The largest absolute Gasteiger partial charge is 0.339 e. The van der Waals surface area contributed by atoms with E-state index in [2.05, 4.69) is 10.1 Å². The number of benzene rings is 1. The second-order valence-electron chi connectivity index (χ2n) is 3.46. The van der Waals surface area contributed by atoms with E-state index < -0.39 is 11.6 Å². The first kappa shape index (κ1) is 12.0. The van der Waals surface area contributed by atoms with Gasteiger partial charge in [-0.2, -0.15) is 4.98 Å². The summed E-state index contributed by atoms with van der Waals surface area (Å²) in [7, 11) is 0.